The second kappa shape index (κ2) is 6.61. The Morgan fingerprint density at radius 2 is 2.21 bits per heavy atom. The number of rotatable bonds is 4. The van der Waals surface area contributed by atoms with Gasteiger partial charge in [-0.3, -0.25) is 9.88 Å². The summed E-state index contributed by atoms with van der Waals surface area (Å²) in [6, 6.07) is 8.54. The number of aromatic nitrogens is 2. The van der Waals surface area contributed by atoms with Crippen LogP contribution in [0.2, 0.25) is 0 Å². The largest absolute Gasteiger partial charge is 0.489 e. The molecule has 1 atom stereocenters. The number of nitrogens with one attached hydrogen (secondary N) is 1. The third kappa shape index (κ3) is 2.99. The van der Waals surface area contributed by atoms with Crippen LogP contribution in [0, 0.1) is 0 Å². The molecule has 24 heavy (non-hydrogen) atoms. The highest BCUT2D eigenvalue weighted by molar-refractivity contribution is 5.62. The predicted octanol–water partition coefficient (Wildman–Crippen LogP) is 3.13. The van der Waals surface area contributed by atoms with Crippen molar-refractivity contribution in [2.24, 2.45) is 0 Å². The third-order valence-corrected chi connectivity index (χ3v) is 4.71. The van der Waals surface area contributed by atoms with E-state index in [9.17, 15) is 0 Å². The first-order chi connectivity index (χ1) is 11.8. The van der Waals surface area contributed by atoms with Crippen LogP contribution in [0.3, 0.4) is 0 Å². The van der Waals surface area contributed by atoms with Gasteiger partial charge in [-0.05, 0) is 37.1 Å². The van der Waals surface area contributed by atoms with E-state index in [0.29, 0.717) is 12.6 Å². The second-order valence-corrected chi connectivity index (χ2v) is 6.34. The molecule has 0 spiro atoms. The molecule has 2 aliphatic rings. The van der Waals surface area contributed by atoms with Crippen LogP contribution in [-0.2, 0) is 0 Å². The molecule has 1 fully saturated rings. The van der Waals surface area contributed by atoms with E-state index in [4.69, 9.17) is 4.74 Å². The summed E-state index contributed by atoms with van der Waals surface area (Å²) in [5, 5.41) is 3.07. The molecule has 2 aliphatic heterocycles. The van der Waals surface area contributed by atoms with Gasteiger partial charge in [-0.15, -0.1) is 0 Å². The molecule has 4 rings (SSSR count). The van der Waals surface area contributed by atoms with Crippen LogP contribution >= 0.6 is 0 Å². The minimum atomic E-state index is 0.337. The number of benzene rings is 1. The van der Waals surface area contributed by atoms with E-state index in [1.807, 2.05) is 25.4 Å². The van der Waals surface area contributed by atoms with Crippen molar-refractivity contribution in [1.82, 2.24) is 14.9 Å². The molecule has 1 saturated heterocycles. The number of ether oxygens (including phenoxy) is 1. The van der Waals surface area contributed by atoms with Gasteiger partial charge in [0.2, 0.25) is 0 Å². The lowest BCUT2D eigenvalue weighted by Crippen LogP contribution is -2.28. The van der Waals surface area contributed by atoms with Crippen molar-refractivity contribution < 1.29 is 4.74 Å². The summed E-state index contributed by atoms with van der Waals surface area (Å²) in [6.07, 6.45) is 8.25. The van der Waals surface area contributed by atoms with Crippen molar-refractivity contribution >= 4 is 11.9 Å². The monoisotopic (exact) mass is 322 g/mol. The number of nitrogens with zero attached hydrogens (tertiary/aromatic N) is 3. The SMILES string of the molecule is CNc1cncc([C@@H]2CCCN2CC2=Cc3ccccc3OC2)n1. The Hall–Kier alpha value is -2.40. The molecule has 1 N–H and O–H groups in total. The molecule has 5 nitrogen and oxygen atoms in total. The predicted molar refractivity (Wildman–Crippen MR) is 95.0 cm³/mol. The summed E-state index contributed by atoms with van der Waals surface area (Å²) in [5.74, 6) is 1.81. The van der Waals surface area contributed by atoms with Crippen molar-refractivity contribution in [3.05, 3.63) is 53.5 Å². The Labute approximate surface area is 142 Å². The molecule has 0 radical (unpaired) electrons. The van der Waals surface area contributed by atoms with Crippen LogP contribution in [0.25, 0.3) is 6.08 Å². The first-order valence-electron chi connectivity index (χ1n) is 8.48. The van der Waals surface area contributed by atoms with Crippen molar-refractivity contribution in [1.29, 1.82) is 0 Å². The highest BCUT2D eigenvalue weighted by Gasteiger charge is 2.28. The van der Waals surface area contributed by atoms with Gasteiger partial charge in [0.1, 0.15) is 18.2 Å². The third-order valence-electron chi connectivity index (χ3n) is 4.71. The summed E-state index contributed by atoms with van der Waals surface area (Å²) in [4.78, 5) is 11.5. The van der Waals surface area contributed by atoms with Gasteiger partial charge < -0.3 is 10.1 Å². The maximum Gasteiger partial charge on any atom is 0.144 e. The molecule has 124 valence electrons. The quantitative estimate of drug-likeness (QED) is 0.937. The van der Waals surface area contributed by atoms with E-state index >= 15 is 0 Å². The van der Waals surface area contributed by atoms with E-state index in [1.165, 1.54) is 17.6 Å². The molecule has 3 heterocycles. The number of likely N-dealkylation sites (tertiary alicyclic amines) is 1. The van der Waals surface area contributed by atoms with Gasteiger partial charge >= 0.3 is 0 Å². The molecule has 1 aromatic heterocycles. The summed E-state index contributed by atoms with van der Waals surface area (Å²) in [6.45, 7) is 2.68. The van der Waals surface area contributed by atoms with Crippen molar-refractivity contribution in [3.63, 3.8) is 0 Å². The van der Waals surface area contributed by atoms with Crippen LogP contribution < -0.4 is 10.1 Å². The zero-order chi connectivity index (χ0) is 16.4. The topological polar surface area (TPSA) is 50.3 Å². The summed E-state index contributed by atoms with van der Waals surface area (Å²) >= 11 is 0. The normalized spacial score (nSPS) is 20.2. The lowest BCUT2D eigenvalue weighted by molar-refractivity contribution is 0.256. The standard InChI is InChI=1S/C19H22N4O/c1-20-19-11-21-10-16(22-19)17-6-4-8-23(17)12-14-9-15-5-2-3-7-18(15)24-13-14/h2-3,5,7,9-11,17H,4,6,8,12-13H2,1H3,(H,20,22)/t17-/m0/s1. The van der Waals surface area contributed by atoms with E-state index < -0.39 is 0 Å². The maximum absolute atomic E-state index is 5.89. The first-order valence-corrected chi connectivity index (χ1v) is 8.48. The van der Waals surface area contributed by atoms with Gasteiger partial charge in [0, 0.05) is 19.2 Å². The van der Waals surface area contributed by atoms with Gasteiger partial charge in [0.15, 0.2) is 0 Å². The second-order valence-electron chi connectivity index (χ2n) is 6.34. The fourth-order valence-corrected chi connectivity index (χ4v) is 3.53. The van der Waals surface area contributed by atoms with Crippen LogP contribution in [0.1, 0.15) is 30.1 Å². The average molecular weight is 322 g/mol. The molecule has 0 aliphatic carbocycles. The smallest absolute Gasteiger partial charge is 0.144 e. The number of fused-ring (bicyclic) bond motifs is 1. The van der Waals surface area contributed by atoms with Gasteiger partial charge in [0.25, 0.3) is 0 Å². The highest BCUT2D eigenvalue weighted by Crippen LogP contribution is 2.33. The highest BCUT2D eigenvalue weighted by atomic mass is 16.5. The Bertz CT molecular complexity index is 759. The Morgan fingerprint density at radius 1 is 1.29 bits per heavy atom. The first kappa shape index (κ1) is 15.1. The fraction of sp³-hybridized carbons (Fsp3) is 0.368. The van der Waals surface area contributed by atoms with Crippen LogP contribution in [0.4, 0.5) is 5.82 Å². The van der Waals surface area contributed by atoms with E-state index in [-0.39, 0.29) is 0 Å². The van der Waals surface area contributed by atoms with E-state index in [0.717, 1.165) is 36.8 Å². The number of hydrogen-bond donors (Lipinski definition) is 1. The van der Waals surface area contributed by atoms with Crippen LogP contribution in [-0.4, -0.2) is 41.6 Å². The molecule has 0 bridgehead atoms. The Balaban J connectivity index is 1.53. The van der Waals surface area contributed by atoms with Gasteiger partial charge in [-0.1, -0.05) is 18.2 Å². The van der Waals surface area contributed by atoms with Crippen LogP contribution in [0.5, 0.6) is 5.75 Å². The molecule has 2 aromatic rings. The van der Waals surface area contributed by atoms with Crippen molar-refractivity contribution in [2.75, 3.05) is 32.1 Å². The van der Waals surface area contributed by atoms with Crippen molar-refractivity contribution in [2.45, 2.75) is 18.9 Å². The number of hydrogen-bond acceptors (Lipinski definition) is 5. The summed E-state index contributed by atoms with van der Waals surface area (Å²) < 4.78 is 5.89. The molecule has 0 saturated carbocycles. The number of anilines is 1. The molecule has 0 amide bonds. The van der Waals surface area contributed by atoms with Gasteiger partial charge in [-0.25, -0.2) is 4.98 Å². The minimum absolute atomic E-state index is 0.337. The lowest BCUT2D eigenvalue weighted by atomic mass is 10.1. The van der Waals surface area contributed by atoms with Crippen LogP contribution in [0.15, 0.2) is 42.2 Å². The molecule has 0 unspecified atom stereocenters. The Kier molecular flexibility index (Phi) is 4.17. The average Bonchev–Trinajstić information content (AvgIpc) is 3.10. The number of para-hydroxylation sites is 1. The van der Waals surface area contributed by atoms with Gasteiger partial charge in [0.05, 0.1) is 24.1 Å². The molecule has 5 heteroatoms. The maximum atomic E-state index is 5.89. The van der Waals surface area contributed by atoms with Gasteiger partial charge in [-0.2, -0.15) is 0 Å². The Morgan fingerprint density at radius 3 is 3.12 bits per heavy atom. The van der Waals surface area contributed by atoms with E-state index in [2.05, 4.69) is 38.4 Å². The molecular formula is C19H22N4O. The molecular weight excluding hydrogens is 300 g/mol. The summed E-state index contributed by atoms with van der Waals surface area (Å²) in [5.41, 5.74) is 3.54. The zero-order valence-electron chi connectivity index (χ0n) is 13.9. The van der Waals surface area contributed by atoms with Crippen molar-refractivity contribution in [3.8, 4) is 5.75 Å². The lowest BCUT2D eigenvalue weighted by Gasteiger charge is -2.27. The minimum Gasteiger partial charge on any atom is -0.489 e. The zero-order valence-corrected chi connectivity index (χ0v) is 13.9. The van der Waals surface area contributed by atoms with E-state index in [1.54, 1.807) is 6.20 Å². The summed E-state index contributed by atoms with van der Waals surface area (Å²) in [7, 11) is 1.88. The molecule has 1 aromatic carbocycles. The fourth-order valence-electron chi connectivity index (χ4n) is 3.53.